The summed E-state index contributed by atoms with van der Waals surface area (Å²) in [6.07, 6.45) is 2.73. The summed E-state index contributed by atoms with van der Waals surface area (Å²) in [4.78, 5) is 29.3. The number of likely N-dealkylation sites (N-methyl/N-ethyl adjacent to an activating group) is 2. The number of hydrogen-bond donors (Lipinski definition) is 2. The van der Waals surface area contributed by atoms with Crippen LogP contribution in [0.2, 0.25) is 0 Å². The molecule has 0 radical (unpaired) electrons. The fourth-order valence-electron chi connectivity index (χ4n) is 5.37. The molecule has 0 aliphatic carbocycles. The number of hydrogen-bond acceptors (Lipinski definition) is 10. The van der Waals surface area contributed by atoms with Crippen molar-refractivity contribution in [1.29, 1.82) is 0 Å². The molecule has 1 aromatic heterocycles. The Morgan fingerprint density at radius 3 is 2.28 bits per heavy atom. The summed E-state index contributed by atoms with van der Waals surface area (Å²) in [5.41, 5.74) is 4.68. The number of halogens is 1. The number of methoxy groups -OCH3 is 2. The predicted octanol–water partition coefficient (Wildman–Crippen LogP) is 3.36. The topological polar surface area (TPSA) is 98.3 Å². The number of nitrogens with zero attached hydrogens (tertiary/aromatic N) is 6. The first-order valence-corrected chi connectivity index (χ1v) is 14.5. The second-order valence-electron chi connectivity index (χ2n) is 11.2. The van der Waals surface area contributed by atoms with Crippen LogP contribution in [0.15, 0.2) is 36.5 Å². The van der Waals surface area contributed by atoms with Crippen molar-refractivity contribution in [2.45, 2.75) is 12.8 Å². The number of amides is 1. The number of carbonyl (C=O) groups excluding carboxylic acids is 1. The first kappa shape index (κ1) is 30.3. The molecular weight excluding hydrogens is 551 g/mol. The molecule has 2 aromatic carbocycles. The largest absolute Gasteiger partial charge is 0.495 e. The Bertz CT molecular complexity index is 1440. The number of ether oxygens (including phenoxy) is 2. The lowest BCUT2D eigenvalue weighted by Gasteiger charge is -2.34. The highest BCUT2D eigenvalue weighted by Crippen LogP contribution is 2.35. The zero-order valence-electron chi connectivity index (χ0n) is 25.6. The molecule has 43 heavy (non-hydrogen) atoms. The third-order valence-electron chi connectivity index (χ3n) is 8.07. The van der Waals surface area contributed by atoms with Gasteiger partial charge in [-0.3, -0.25) is 9.69 Å². The molecule has 1 fully saturated rings. The average Bonchev–Trinajstić information content (AvgIpc) is 3.20. The van der Waals surface area contributed by atoms with Gasteiger partial charge in [0.15, 0.2) is 11.6 Å². The number of fused-ring (bicyclic) bond motifs is 1. The smallest absolute Gasteiger partial charge is 0.236 e. The van der Waals surface area contributed by atoms with Crippen LogP contribution in [0.1, 0.15) is 11.1 Å². The predicted molar refractivity (Wildman–Crippen MR) is 167 cm³/mol. The minimum atomic E-state index is -0.586. The van der Waals surface area contributed by atoms with Crippen LogP contribution >= 0.6 is 0 Å². The standard InChI is InChI=1S/C31H41FN8O3/c1-37(2)29(41)20-39-10-8-21-16-26(27(42-4)17-22(21)9-11-39)35-31-33-19-24(32)30(36-31)34-25-7-6-23(18-28(25)43-5)40-14-12-38(3)13-15-40/h6-7,16-19H,8-15,20H2,1-5H3,(H2,33,34,35,36). The molecule has 0 saturated carbocycles. The fourth-order valence-corrected chi connectivity index (χ4v) is 5.37. The number of aromatic nitrogens is 2. The van der Waals surface area contributed by atoms with Crippen molar-refractivity contribution < 1.29 is 18.7 Å². The Kier molecular flexibility index (Phi) is 9.46. The number of nitrogens with one attached hydrogen (secondary N) is 2. The molecule has 230 valence electrons. The highest BCUT2D eigenvalue weighted by Gasteiger charge is 2.21. The van der Waals surface area contributed by atoms with Gasteiger partial charge in [-0.25, -0.2) is 9.37 Å². The molecule has 3 aromatic rings. The molecule has 0 unspecified atom stereocenters. The van der Waals surface area contributed by atoms with Crippen LogP contribution in [-0.2, 0) is 17.6 Å². The highest BCUT2D eigenvalue weighted by molar-refractivity contribution is 5.77. The van der Waals surface area contributed by atoms with Gasteiger partial charge in [0.1, 0.15) is 11.5 Å². The van der Waals surface area contributed by atoms with Crippen LogP contribution in [0.3, 0.4) is 0 Å². The van der Waals surface area contributed by atoms with Crippen LogP contribution in [-0.4, -0.2) is 112 Å². The molecule has 3 heterocycles. The molecule has 12 heteroatoms. The van der Waals surface area contributed by atoms with Crippen molar-refractivity contribution in [2.24, 2.45) is 0 Å². The van der Waals surface area contributed by atoms with Crippen molar-refractivity contribution in [3.8, 4) is 11.5 Å². The van der Waals surface area contributed by atoms with Crippen molar-refractivity contribution in [1.82, 2.24) is 24.7 Å². The van der Waals surface area contributed by atoms with E-state index in [1.807, 2.05) is 30.3 Å². The van der Waals surface area contributed by atoms with Gasteiger partial charge in [-0.2, -0.15) is 4.98 Å². The summed E-state index contributed by atoms with van der Waals surface area (Å²) >= 11 is 0. The summed E-state index contributed by atoms with van der Waals surface area (Å²) in [6.45, 7) is 5.81. The third-order valence-corrected chi connectivity index (χ3v) is 8.07. The Morgan fingerprint density at radius 1 is 0.930 bits per heavy atom. The normalized spacial score (nSPS) is 15.8. The monoisotopic (exact) mass is 592 g/mol. The highest BCUT2D eigenvalue weighted by atomic mass is 19.1. The molecule has 2 aliphatic rings. The number of anilines is 5. The van der Waals surface area contributed by atoms with Gasteiger partial charge in [-0.1, -0.05) is 0 Å². The lowest BCUT2D eigenvalue weighted by Crippen LogP contribution is -2.44. The third kappa shape index (κ3) is 7.26. The Labute approximate surface area is 252 Å². The van der Waals surface area contributed by atoms with E-state index in [0.717, 1.165) is 69.6 Å². The maximum atomic E-state index is 14.9. The van der Waals surface area contributed by atoms with E-state index in [2.05, 4.69) is 42.3 Å². The van der Waals surface area contributed by atoms with Gasteiger partial charge in [0.2, 0.25) is 11.9 Å². The van der Waals surface area contributed by atoms with Crippen LogP contribution < -0.4 is 25.0 Å². The van der Waals surface area contributed by atoms with Gasteiger partial charge in [-0.15, -0.1) is 0 Å². The molecule has 2 N–H and O–H groups in total. The van der Waals surface area contributed by atoms with Gasteiger partial charge in [0.05, 0.1) is 38.3 Å². The molecule has 0 spiro atoms. The molecule has 11 nitrogen and oxygen atoms in total. The van der Waals surface area contributed by atoms with Crippen LogP contribution in [0, 0.1) is 5.82 Å². The van der Waals surface area contributed by atoms with Crippen molar-refractivity contribution in [3.05, 3.63) is 53.5 Å². The first-order valence-electron chi connectivity index (χ1n) is 14.5. The quantitative estimate of drug-likeness (QED) is 0.385. The molecule has 5 rings (SSSR count). The Hall–Kier alpha value is -4.16. The van der Waals surface area contributed by atoms with E-state index in [-0.39, 0.29) is 17.7 Å². The molecule has 2 aliphatic heterocycles. The molecule has 0 atom stereocenters. The van der Waals surface area contributed by atoms with Crippen molar-refractivity contribution in [2.75, 3.05) is 96.7 Å². The zero-order valence-corrected chi connectivity index (χ0v) is 25.6. The van der Waals surface area contributed by atoms with E-state index < -0.39 is 5.82 Å². The van der Waals surface area contributed by atoms with Gasteiger partial charge in [0.25, 0.3) is 0 Å². The Morgan fingerprint density at radius 2 is 1.60 bits per heavy atom. The van der Waals surface area contributed by atoms with E-state index in [0.29, 0.717) is 29.4 Å². The Balaban J connectivity index is 1.32. The summed E-state index contributed by atoms with van der Waals surface area (Å²) in [6, 6.07) is 9.90. The van der Waals surface area contributed by atoms with Gasteiger partial charge in [-0.05, 0) is 55.3 Å². The second kappa shape index (κ2) is 13.4. The minimum absolute atomic E-state index is 0.0260. The molecular formula is C31H41FN8O3. The number of rotatable bonds is 9. The maximum absolute atomic E-state index is 14.9. The van der Waals surface area contributed by atoms with E-state index in [1.165, 1.54) is 5.56 Å². The van der Waals surface area contributed by atoms with Crippen molar-refractivity contribution >= 4 is 34.7 Å². The number of carbonyl (C=O) groups is 1. The number of piperazine rings is 1. The average molecular weight is 593 g/mol. The van der Waals surface area contributed by atoms with Crippen LogP contribution in [0.4, 0.5) is 33.2 Å². The maximum Gasteiger partial charge on any atom is 0.236 e. The lowest BCUT2D eigenvalue weighted by molar-refractivity contribution is -0.129. The van der Waals surface area contributed by atoms with E-state index in [4.69, 9.17) is 9.47 Å². The van der Waals surface area contributed by atoms with Crippen molar-refractivity contribution in [3.63, 3.8) is 0 Å². The van der Waals surface area contributed by atoms with Crippen LogP contribution in [0.5, 0.6) is 11.5 Å². The molecule has 1 saturated heterocycles. The first-order chi connectivity index (χ1) is 20.7. The molecule has 0 bridgehead atoms. The van der Waals surface area contributed by atoms with Crippen LogP contribution in [0.25, 0.3) is 0 Å². The van der Waals surface area contributed by atoms with E-state index in [1.54, 1.807) is 33.2 Å². The van der Waals surface area contributed by atoms with E-state index in [9.17, 15) is 9.18 Å². The zero-order chi connectivity index (χ0) is 30.5. The summed E-state index contributed by atoms with van der Waals surface area (Å²) in [5, 5.41) is 6.30. The second-order valence-corrected chi connectivity index (χ2v) is 11.2. The SMILES string of the molecule is COc1cc2c(cc1Nc1ncc(F)c(Nc3ccc(N4CCN(C)CC4)cc3OC)n1)CCN(CC(=O)N(C)C)CC2. The van der Waals surface area contributed by atoms with E-state index >= 15 is 0 Å². The lowest BCUT2D eigenvalue weighted by atomic mass is 10.0. The fraction of sp³-hybridized carbons (Fsp3) is 0.452. The summed E-state index contributed by atoms with van der Waals surface area (Å²) < 4.78 is 26.2. The van der Waals surface area contributed by atoms with Gasteiger partial charge >= 0.3 is 0 Å². The molecule has 1 amide bonds. The summed E-state index contributed by atoms with van der Waals surface area (Å²) in [7, 11) is 8.89. The number of benzene rings is 2. The van der Waals surface area contributed by atoms with Gasteiger partial charge in [0, 0.05) is 65.1 Å². The van der Waals surface area contributed by atoms with Gasteiger partial charge < -0.3 is 34.8 Å². The minimum Gasteiger partial charge on any atom is -0.495 e. The summed E-state index contributed by atoms with van der Waals surface area (Å²) in [5.74, 6) is 0.988.